The summed E-state index contributed by atoms with van der Waals surface area (Å²) in [4.78, 5) is 21.3. The van der Waals surface area contributed by atoms with Gasteiger partial charge in [-0.1, -0.05) is 30.3 Å². The maximum atomic E-state index is 11.9. The van der Waals surface area contributed by atoms with Crippen LogP contribution in [0.4, 0.5) is 0 Å². The van der Waals surface area contributed by atoms with Gasteiger partial charge in [0.05, 0.1) is 25.4 Å². The summed E-state index contributed by atoms with van der Waals surface area (Å²) in [5.74, 6) is 0.0722. The largest absolute Gasteiger partial charge is 0.383 e. The Morgan fingerprint density at radius 3 is 2.65 bits per heavy atom. The predicted octanol–water partition coefficient (Wildman–Crippen LogP) is 1.69. The number of carbonyl (C=O) groups is 1. The minimum Gasteiger partial charge on any atom is -0.383 e. The molecule has 0 bridgehead atoms. The maximum Gasteiger partial charge on any atom is 0.234 e. The van der Waals surface area contributed by atoms with Crippen LogP contribution in [0.1, 0.15) is 5.01 Å². The molecule has 0 saturated carbocycles. The molecule has 0 atom stereocenters. The van der Waals surface area contributed by atoms with Crippen molar-refractivity contribution in [3.8, 4) is 11.3 Å². The molecule has 0 spiro atoms. The first-order valence-electron chi connectivity index (χ1n) is 8.95. The van der Waals surface area contributed by atoms with Crippen LogP contribution in [-0.2, 0) is 16.1 Å². The van der Waals surface area contributed by atoms with Gasteiger partial charge in [-0.05, 0) is 0 Å². The van der Waals surface area contributed by atoms with Gasteiger partial charge in [0.25, 0.3) is 0 Å². The first-order valence-corrected chi connectivity index (χ1v) is 9.83. The predicted molar refractivity (Wildman–Crippen MR) is 104 cm³/mol. The van der Waals surface area contributed by atoms with Gasteiger partial charge < -0.3 is 10.1 Å². The average Bonchev–Trinajstić information content (AvgIpc) is 3.13. The third-order valence-electron chi connectivity index (χ3n) is 4.44. The van der Waals surface area contributed by atoms with Crippen molar-refractivity contribution in [2.75, 3.05) is 53.0 Å². The minimum atomic E-state index is 0.0722. The van der Waals surface area contributed by atoms with Gasteiger partial charge in [-0.15, -0.1) is 11.3 Å². The van der Waals surface area contributed by atoms with Gasteiger partial charge in [-0.2, -0.15) is 0 Å². The number of methoxy groups -OCH3 is 1. The Morgan fingerprint density at radius 1 is 1.19 bits per heavy atom. The van der Waals surface area contributed by atoms with Crippen LogP contribution in [-0.4, -0.2) is 73.7 Å². The number of ether oxygens (including phenoxy) is 1. The number of nitrogens with one attached hydrogen (secondary N) is 1. The quantitative estimate of drug-likeness (QED) is 0.713. The number of amides is 1. The summed E-state index contributed by atoms with van der Waals surface area (Å²) in [5, 5.41) is 6.15. The lowest BCUT2D eigenvalue weighted by Crippen LogP contribution is -2.49. The van der Waals surface area contributed by atoms with Crippen molar-refractivity contribution in [2.45, 2.75) is 6.54 Å². The summed E-state index contributed by atoms with van der Waals surface area (Å²) in [7, 11) is 1.64. The van der Waals surface area contributed by atoms with Crippen LogP contribution in [0.25, 0.3) is 11.3 Å². The van der Waals surface area contributed by atoms with Crippen LogP contribution in [0.15, 0.2) is 35.7 Å². The molecule has 1 saturated heterocycles. The zero-order valence-electron chi connectivity index (χ0n) is 15.2. The molecule has 26 heavy (non-hydrogen) atoms. The summed E-state index contributed by atoms with van der Waals surface area (Å²) >= 11 is 1.72. The van der Waals surface area contributed by atoms with E-state index >= 15 is 0 Å². The summed E-state index contributed by atoms with van der Waals surface area (Å²) in [6, 6.07) is 10.3. The highest BCUT2D eigenvalue weighted by Crippen LogP contribution is 2.22. The lowest BCUT2D eigenvalue weighted by Gasteiger charge is -2.33. The number of rotatable bonds is 8. The number of nitrogens with zero attached hydrogens (tertiary/aromatic N) is 3. The van der Waals surface area contributed by atoms with Crippen LogP contribution < -0.4 is 5.32 Å². The molecule has 1 amide bonds. The Hall–Kier alpha value is -1.80. The number of hydrogen-bond donors (Lipinski definition) is 1. The van der Waals surface area contributed by atoms with Crippen LogP contribution in [0.2, 0.25) is 0 Å². The van der Waals surface area contributed by atoms with Gasteiger partial charge in [-0.3, -0.25) is 14.6 Å². The Labute approximate surface area is 158 Å². The van der Waals surface area contributed by atoms with E-state index in [1.165, 1.54) is 5.56 Å². The highest BCUT2D eigenvalue weighted by atomic mass is 32.1. The Kier molecular flexibility index (Phi) is 7.13. The monoisotopic (exact) mass is 374 g/mol. The Bertz CT molecular complexity index is 684. The number of hydrogen-bond acceptors (Lipinski definition) is 6. The van der Waals surface area contributed by atoms with E-state index in [-0.39, 0.29) is 5.91 Å². The van der Waals surface area contributed by atoms with Crippen molar-refractivity contribution in [1.29, 1.82) is 0 Å². The van der Waals surface area contributed by atoms with Gasteiger partial charge in [0, 0.05) is 50.8 Å². The van der Waals surface area contributed by atoms with E-state index in [0.717, 1.165) is 43.4 Å². The van der Waals surface area contributed by atoms with Crippen molar-refractivity contribution in [3.63, 3.8) is 0 Å². The molecular weight excluding hydrogens is 348 g/mol. The first-order chi connectivity index (χ1) is 12.7. The van der Waals surface area contributed by atoms with Crippen molar-refractivity contribution < 1.29 is 9.53 Å². The zero-order valence-corrected chi connectivity index (χ0v) is 16.0. The van der Waals surface area contributed by atoms with E-state index in [1.807, 2.05) is 18.2 Å². The number of benzene rings is 1. The SMILES string of the molecule is COCCNC(=O)CN1CCN(Cc2nc(-c3ccccc3)cs2)CC1. The summed E-state index contributed by atoms with van der Waals surface area (Å²) < 4.78 is 4.94. The fourth-order valence-electron chi connectivity index (χ4n) is 2.97. The van der Waals surface area contributed by atoms with Crippen LogP contribution in [0.5, 0.6) is 0 Å². The number of piperazine rings is 1. The average molecular weight is 375 g/mol. The molecule has 2 aromatic rings. The van der Waals surface area contributed by atoms with Crippen molar-refractivity contribution in [2.24, 2.45) is 0 Å². The number of carbonyl (C=O) groups excluding carboxylic acids is 1. The molecule has 0 aliphatic carbocycles. The molecule has 1 aliphatic heterocycles. The number of thiazole rings is 1. The molecule has 0 radical (unpaired) electrons. The fraction of sp³-hybridized carbons (Fsp3) is 0.474. The van der Waals surface area contributed by atoms with E-state index in [4.69, 9.17) is 9.72 Å². The second-order valence-corrected chi connectivity index (χ2v) is 7.33. The second-order valence-electron chi connectivity index (χ2n) is 6.39. The molecule has 140 valence electrons. The summed E-state index contributed by atoms with van der Waals surface area (Å²) in [6.45, 7) is 6.22. The highest BCUT2D eigenvalue weighted by Gasteiger charge is 2.19. The zero-order chi connectivity index (χ0) is 18.2. The molecule has 1 aromatic carbocycles. The van der Waals surface area contributed by atoms with Crippen LogP contribution >= 0.6 is 11.3 Å². The van der Waals surface area contributed by atoms with Crippen molar-refractivity contribution in [3.05, 3.63) is 40.7 Å². The maximum absolute atomic E-state index is 11.9. The lowest BCUT2D eigenvalue weighted by molar-refractivity contribution is -0.122. The summed E-state index contributed by atoms with van der Waals surface area (Å²) in [5.41, 5.74) is 2.22. The van der Waals surface area contributed by atoms with Gasteiger partial charge in [0.15, 0.2) is 0 Å². The van der Waals surface area contributed by atoms with Crippen molar-refractivity contribution >= 4 is 17.2 Å². The third-order valence-corrected chi connectivity index (χ3v) is 5.27. The summed E-state index contributed by atoms with van der Waals surface area (Å²) in [6.07, 6.45) is 0. The normalized spacial score (nSPS) is 15.9. The van der Waals surface area contributed by atoms with E-state index in [9.17, 15) is 4.79 Å². The van der Waals surface area contributed by atoms with Crippen molar-refractivity contribution in [1.82, 2.24) is 20.1 Å². The smallest absolute Gasteiger partial charge is 0.234 e. The standard InChI is InChI=1S/C19H26N4O2S/c1-25-12-7-20-18(24)13-22-8-10-23(11-9-22)14-19-21-17(15-26-19)16-5-3-2-4-6-16/h2-6,15H,7-14H2,1H3,(H,20,24). The Balaban J connectivity index is 1.42. The number of aromatic nitrogens is 1. The topological polar surface area (TPSA) is 57.7 Å². The molecule has 7 heteroatoms. The van der Waals surface area contributed by atoms with Crippen LogP contribution in [0.3, 0.4) is 0 Å². The molecule has 1 N–H and O–H groups in total. The van der Waals surface area contributed by atoms with Gasteiger partial charge in [0.1, 0.15) is 5.01 Å². The van der Waals surface area contributed by atoms with E-state index in [2.05, 4.69) is 32.6 Å². The first kappa shape index (κ1) is 19.0. The molecule has 6 nitrogen and oxygen atoms in total. The molecule has 2 heterocycles. The lowest BCUT2D eigenvalue weighted by atomic mass is 10.2. The van der Waals surface area contributed by atoms with E-state index < -0.39 is 0 Å². The Morgan fingerprint density at radius 2 is 1.92 bits per heavy atom. The van der Waals surface area contributed by atoms with E-state index in [0.29, 0.717) is 19.7 Å². The van der Waals surface area contributed by atoms with Crippen LogP contribution in [0, 0.1) is 0 Å². The minimum absolute atomic E-state index is 0.0722. The molecule has 3 rings (SSSR count). The molecule has 1 aliphatic rings. The second kappa shape index (κ2) is 9.78. The van der Waals surface area contributed by atoms with Gasteiger partial charge in [0.2, 0.25) is 5.91 Å². The molecule has 1 aromatic heterocycles. The third kappa shape index (κ3) is 5.60. The highest BCUT2D eigenvalue weighted by molar-refractivity contribution is 7.09. The molecule has 1 fully saturated rings. The van der Waals surface area contributed by atoms with E-state index in [1.54, 1.807) is 18.4 Å². The molecule has 0 unspecified atom stereocenters. The fourth-order valence-corrected chi connectivity index (χ4v) is 3.82. The van der Waals surface area contributed by atoms with Gasteiger partial charge in [-0.25, -0.2) is 4.98 Å². The molecular formula is C19H26N4O2S. The van der Waals surface area contributed by atoms with Gasteiger partial charge >= 0.3 is 0 Å².